The van der Waals surface area contributed by atoms with Crippen molar-refractivity contribution in [1.29, 1.82) is 0 Å². The Labute approximate surface area is 130 Å². The first-order valence-corrected chi connectivity index (χ1v) is 8.51. The lowest BCUT2D eigenvalue weighted by atomic mass is 9.85. The Morgan fingerprint density at radius 3 is 2.57 bits per heavy atom. The van der Waals surface area contributed by atoms with Crippen LogP contribution in [0, 0.1) is 11.8 Å². The van der Waals surface area contributed by atoms with Crippen LogP contribution in [0.3, 0.4) is 0 Å². The van der Waals surface area contributed by atoms with E-state index in [9.17, 15) is 4.79 Å². The predicted molar refractivity (Wildman–Crippen MR) is 87.1 cm³/mol. The van der Waals surface area contributed by atoms with Gasteiger partial charge in [0.1, 0.15) is 5.54 Å². The van der Waals surface area contributed by atoms with Crippen LogP contribution in [-0.4, -0.2) is 42.1 Å². The van der Waals surface area contributed by atoms with Gasteiger partial charge in [0.05, 0.1) is 6.61 Å². The van der Waals surface area contributed by atoms with Crippen LogP contribution < -0.4 is 5.73 Å². The first-order valence-electron chi connectivity index (χ1n) is 8.51. The van der Waals surface area contributed by atoms with Crippen molar-refractivity contribution in [1.82, 2.24) is 4.90 Å². The summed E-state index contributed by atoms with van der Waals surface area (Å²) < 4.78 is 5.20. The molecule has 2 N–H and O–H groups in total. The molecule has 0 aliphatic heterocycles. The number of hydrogen-bond acceptors (Lipinski definition) is 4. The second-order valence-electron chi connectivity index (χ2n) is 7.12. The van der Waals surface area contributed by atoms with Gasteiger partial charge in [0, 0.05) is 12.6 Å². The van der Waals surface area contributed by atoms with Crippen molar-refractivity contribution in [3.05, 3.63) is 0 Å². The lowest BCUT2D eigenvalue weighted by molar-refractivity contribution is -0.151. The molecule has 2 atom stereocenters. The monoisotopic (exact) mass is 298 g/mol. The zero-order chi connectivity index (χ0) is 16.0. The second kappa shape index (κ2) is 8.14. The van der Waals surface area contributed by atoms with Crippen LogP contribution in [0.2, 0.25) is 0 Å². The summed E-state index contributed by atoms with van der Waals surface area (Å²) in [4.78, 5) is 14.7. The van der Waals surface area contributed by atoms with Crippen molar-refractivity contribution in [3.63, 3.8) is 0 Å². The van der Waals surface area contributed by atoms with Gasteiger partial charge in [-0.3, -0.25) is 4.79 Å². The van der Waals surface area contributed by atoms with Gasteiger partial charge in [-0.25, -0.2) is 0 Å². The molecule has 0 aromatic rings. The van der Waals surface area contributed by atoms with Gasteiger partial charge < -0.3 is 15.4 Å². The summed E-state index contributed by atoms with van der Waals surface area (Å²) in [5.74, 6) is 0.709. The third-order valence-corrected chi connectivity index (χ3v) is 4.62. The third kappa shape index (κ3) is 4.96. The normalized spacial score (nSPS) is 26.0. The zero-order valence-electron chi connectivity index (χ0n) is 14.5. The maximum absolute atomic E-state index is 12.2. The minimum absolute atomic E-state index is 0.201. The van der Waals surface area contributed by atoms with E-state index in [1.807, 2.05) is 6.92 Å². The molecule has 0 bridgehead atoms. The summed E-state index contributed by atoms with van der Waals surface area (Å²) >= 11 is 0. The summed E-state index contributed by atoms with van der Waals surface area (Å²) in [5.41, 5.74) is 5.65. The van der Waals surface area contributed by atoms with Crippen LogP contribution in [0.25, 0.3) is 0 Å². The van der Waals surface area contributed by atoms with Gasteiger partial charge in [-0.2, -0.15) is 0 Å². The number of hydrogen-bond donors (Lipinski definition) is 1. The highest BCUT2D eigenvalue weighted by Crippen LogP contribution is 2.37. The van der Waals surface area contributed by atoms with E-state index in [-0.39, 0.29) is 11.9 Å². The quantitative estimate of drug-likeness (QED) is 0.700. The van der Waals surface area contributed by atoms with Crippen molar-refractivity contribution in [2.45, 2.75) is 71.9 Å². The number of rotatable bonds is 8. The lowest BCUT2D eigenvalue weighted by Gasteiger charge is -2.33. The van der Waals surface area contributed by atoms with Crippen LogP contribution in [0.1, 0.15) is 60.3 Å². The smallest absolute Gasteiger partial charge is 0.326 e. The third-order valence-electron chi connectivity index (χ3n) is 4.62. The van der Waals surface area contributed by atoms with E-state index < -0.39 is 5.54 Å². The Morgan fingerprint density at radius 1 is 1.38 bits per heavy atom. The highest BCUT2D eigenvalue weighted by atomic mass is 16.5. The Kier molecular flexibility index (Phi) is 7.14. The zero-order valence-corrected chi connectivity index (χ0v) is 14.5. The summed E-state index contributed by atoms with van der Waals surface area (Å²) in [5, 5.41) is 0. The maximum atomic E-state index is 12.2. The molecule has 0 radical (unpaired) electrons. The number of nitrogens with zero attached hydrogens (tertiary/aromatic N) is 1. The van der Waals surface area contributed by atoms with E-state index in [1.165, 1.54) is 0 Å². The highest BCUT2D eigenvalue weighted by molar-refractivity contribution is 5.81. The molecule has 1 aliphatic rings. The molecule has 4 nitrogen and oxygen atoms in total. The topological polar surface area (TPSA) is 55.6 Å². The van der Waals surface area contributed by atoms with Crippen molar-refractivity contribution in [3.8, 4) is 0 Å². The largest absolute Gasteiger partial charge is 0.465 e. The maximum Gasteiger partial charge on any atom is 0.326 e. The lowest BCUT2D eigenvalue weighted by Crippen LogP contribution is -2.52. The summed E-state index contributed by atoms with van der Waals surface area (Å²) in [7, 11) is 0. The van der Waals surface area contributed by atoms with Gasteiger partial charge in [0.25, 0.3) is 0 Å². The fourth-order valence-electron chi connectivity index (χ4n) is 3.39. The fourth-order valence-corrected chi connectivity index (χ4v) is 3.39. The molecule has 1 fully saturated rings. The van der Waals surface area contributed by atoms with Gasteiger partial charge in [-0.15, -0.1) is 0 Å². The van der Waals surface area contributed by atoms with E-state index >= 15 is 0 Å². The summed E-state index contributed by atoms with van der Waals surface area (Å²) in [6, 6.07) is 0.531. The molecule has 0 saturated heterocycles. The molecule has 0 spiro atoms. The predicted octanol–water partition coefficient (Wildman–Crippen LogP) is 2.80. The average molecular weight is 298 g/mol. The number of carbonyl (C=O) groups is 1. The van der Waals surface area contributed by atoms with Crippen molar-refractivity contribution in [2.24, 2.45) is 17.6 Å². The molecular weight excluding hydrogens is 264 g/mol. The van der Waals surface area contributed by atoms with Crippen LogP contribution in [0.5, 0.6) is 0 Å². The van der Waals surface area contributed by atoms with Gasteiger partial charge in [-0.05, 0) is 58.4 Å². The molecule has 2 unspecified atom stereocenters. The molecular formula is C17H34N2O2. The van der Waals surface area contributed by atoms with E-state index in [2.05, 4.69) is 32.6 Å². The molecule has 0 aromatic carbocycles. The van der Waals surface area contributed by atoms with E-state index in [0.29, 0.717) is 18.6 Å². The minimum Gasteiger partial charge on any atom is -0.465 e. The molecule has 0 heterocycles. The van der Waals surface area contributed by atoms with Crippen LogP contribution in [0.4, 0.5) is 0 Å². The fraction of sp³-hybridized carbons (Fsp3) is 0.941. The van der Waals surface area contributed by atoms with Gasteiger partial charge in [0.2, 0.25) is 0 Å². The van der Waals surface area contributed by atoms with Crippen LogP contribution in [0.15, 0.2) is 0 Å². The van der Waals surface area contributed by atoms with Crippen molar-refractivity contribution in [2.75, 3.05) is 19.7 Å². The number of ether oxygens (including phenoxy) is 1. The standard InChI is InChI=1S/C17H34N2O2/c1-6-21-16(20)17(18)10-7-8-15(17)9-11-19(14(4)5)12-13(2)3/h13-15H,6-12,18H2,1-5H3. The van der Waals surface area contributed by atoms with Crippen molar-refractivity contribution >= 4 is 5.97 Å². The highest BCUT2D eigenvalue weighted by Gasteiger charge is 2.46. The SMILES string of the molecule is CCOC(=O)C1(N)CCCC1CCN(CC(C)C)C(C)C. The average Bonchev–Trinajstić information content (AvgIpc) is 2.77. The minimum atomic E-state index is -0.753. The Hall–Kier alpha value is -0.610. The Bertz CT molecular complexity index is 331. The molecule has 4 heteroatoms. The molecule has 0 aromatic heterocycles. The molecule has 0 amide bonds. The molecule has 124 valence electrons. The summed E-state index contributed by atoms with van der Waals surface area (Å²) in [6.07, 6.45) is 3.83. The molecule has 1 aliphatic carbocycles. The molecule has 1 saturated carbocycles. The number of esters is 1. The van der Waals surface area contributed by atoms with Crippen LogP contribution in [-0.2, 0) is 9.53 Å². The van der Waals surface area contributed by atoms with E-state index in [4.69, 9.17) is 10.5 Å². The molecule has 21 heavy (non-hydrogen) atoms. The number of nitrogens with two attached hydrogens (primary N) is 1. The number of carbonyl (C=O) groups excluding carboxylic acids is 1. The van der Waals surface area contributed by atoms with Gasteiger partial charge in [0.15, 0.2) is 0 Å². The van der Waals surface area contributed by atoms with Gasteiger partial charge in [-0.1, -0.05) is 20.3 Å². The Balaban J connectivity index is 2.61. The molecule has 1 rings (SSSR count). The Morgan fingerprint density at radius 2 is 2.05 bits per heavy atom. The van der Waals surface area contributed by atoms with Crippen LogP contribution >= 0.6 is 0 Å². The second-order valence-corrected chi connectivity index (χ2v) is 7.12. The first-order chi connectivity index (χ1) is 9.81. The van der Waals surface area contributed by atoms with E-state index in [1.54, 1.807) is 0 Å². The van der Waals surface area contributed by atoms with E-state index in [0.717, 1.165) is 38.8 Å². The first kappa shape index (κ1) is 18.4. The van der Waals surface area contributed by atoms with Crippen molar-refractivity contribution < 1.29 is 9.53 Å². The summed E-state index contributed by atoms with van der Waals surface area (Å²) in [6.45, 7) is 13.3. The van der Waals surface area contributed by atoms with Gasteiger partial charge >= 0.3 is 5.97 Å².